The van der Waals surface area contributed by atoms with Crippen molar-refractivity contribution in [1.29, 1.82) is 0 Å². The lowest BCUT2D eigenvalue weighted by Gasteiger charge is -2.27. The summed E-state index contributed by atoms with van der Waals surface area (Å²) in [4.78, 5) is 2.54. The maximum atomic E-state index is 7.02. The molecule has 0 spiro atoms. The molecule has 2 aromatic carbocycles. The van der Waals surface area contributed by atoms with Gasteiger partial charge < -0.3 is 10.2 Å². The van der Waals surface area contributed by atoms with Gasteiger partial charge in [-0.2, -0.15) is 0 Å². The van der Waals surface area contributed by atoms with E-state index in [0.29, 0.717) is 5.92 Å². The van der Waals surface area contributed by atoms with Gasteiger partial charge in [0.15, 0.2) is 0 Å². The summed E-state index contributed by atoms with van der Waals surface area (Å²) >= 11 is 7.02. The normalized spacial score (nSPS) is 18.2. The molecule has 2 aliphatic rings. The minimum atomic E-state index is -0.0315. The molecule has 0 unspecified atom stereocenters. The minimum Gasteiger partial charge on any atom is -0.344 e. The third kappa shape index (κ3) is 8.79. The van der Waals surface area contributed by atoms with Crippen LogP contribution < -0.4 is 10.2 Å². The molecule has 0 radical (unpaired) electrons. The number of nitrogens with two attached hydrogens (primary N) is 1. The van der Waals surface area contributed by atoms with Crippen LogP contribution in [0.2, 0.25) is 0 Å². The van der Waals surface area contributed by atoms with Gasteiger partial charge in [-0.3, -0.25) is 0 Å². The summed E-state index contributed by atoms with van der Waals surface area (Å²) in [5.41, 5.74) is 9.49. The van der Waals surface area contributed by atoms with Crippen LogP contribution in [0.1, 0.15) is 112 Å². The molecular formula is C41H60ClN2+. The number of anilines is 1. The van der Waals surface area contributed by atoms with Gasteiger partial charge in [0.25, 0.3) is 0 Å². The van der Waals surface area contributed by atoms with E-state index in [1.165, 1.54) is 52.2 Å². The molecule has 0 saturated carbocycles. The number of fused-ring (bicyclic) bond motifs is 1. The van der Waals surface area contributed by atoms with Crippen molar-refractivity contribution in [3.8, 4) is 0 Å². The van der Waals surface area contributed by atoms with Crippen LogP contribution in [0.3, 0.4) is 0 Å². The zero-order chi connectivity index (χ0) is 32.5. The summed E-state index contributed by atoms with van der Waals surface area (Å²) in [6.45, 7) is 24.8. The first-order valence-electron chi connectivity index (χ1n) is 17.2. The van der Waals surface area contributed by atoms with E-state index in [4.69, 9.17) is 11.6 Å². The molecule has 1 aliphatic heterocycles. The van der Waals surface area contributed by atoms with E-state index in [-0.39, 0.29) is 10.8 Å². The molecule has 240 valence electrons. The predicted molar refractivity (Wildman–Crippen MR) is 195 cm³/mol. The molecule has 1 heterocycles. The van der Waals surface area contributed by atoms with Gasteiger partial charge >= 0.3 is 0 Å². The topological polar surface area (TPSA) is 19.9 Å². The van der Waals surface area contributed by atoms with Crippen molar-refractivity contribution in [2.75, 3.05) is 18.0 Å². The standard InChI is InChI=1S/C39H53ClN2.C2H6/c1-28(2)23-26-41-34-17-11-9-15-32(34)38(5,6)25-13-14-30-19-20-31(37(30)40)21-22-36-39(7,8)33-16-10-12-18-35(33)42(36)27-24-29(3)4;1-2/h9-18,21-22,28-29,41H,19-20,23-27H2,1-8H3;1-2H3/p+1/b14-13+,31-21+,36-22+;. The van der Waals surface area contributed by atoms with Crippen molar-refractivity contribution in [2.24, 2.45) is 11.8 Å². The maximum absolute atomic E-state index is 7.02. The van der Waals surface area contributed by atoms with Crippen LogP contribution in [-0.4, -0.2) is 13.1 Å². The molecule has 2 aromatic rings. The fourth-order valence-electron chi connectivity index (χ4n) is 6.43. The Balaban J connectivity index is 0.00000259. The van der Waals surface area contributed by atoms with Crippen LogP contribution in [-0.2, 0) is 10.8 Å². The summed E-state index contributed by atoms with van der Waals surface area (Å²) in [5, 5.41) is 3.36. The third-order valence-corrected chi connectivity index (χ3v) is 9.63. The van der Waals surface area contributed by atoms with Crippen LogP contribution in [0, 0.1) is 11.8 Å². The van der Waals surface area contributed by atoms with E-state index in [9.17, 15) is 0 Å². The van der Waals surface area contributed by atoms with Gasteiger partial charge in [-0.15, -0.1) is 0 Å². The molecular weight excluding hydrogens is 556 g/mol. The number of halogens is 1. The van der Waals surface area contributed by atoms with Crippen molar-refractivity contribution >= 4 is 23.0 Å². The molecule has 0 aromatic heterocycles. The molecule has 44 heavy (non-hydrogen) atoms. The zero-order valence-corrected chi connectivity index (χ0v) is 30.2. The monoisotopic (exact) mass is 615 g/mol. The average Bonchev–Trinajstić information content (AvgIpc) is 3.44. The van der Waals surface area contributed by atoms with Crippen LogP contribution >= 0.6 is 11.6 Å². The smallest absolute Gasteiger partial charge is 0.133 e. The Kier molecular flexibility index (Phi) is 13.2. The van der Waals surface area contributed by atoms with E-state index < -0.39 is 0 Å². The molecule has 4 rings (SSSR count). The van der Waals surface area contributed by atoms with Gasteiger partial charge in [0, 0.05) is 33.9 Å². The summed E-state index contributed by atoms with van der Waals surface area (Å²) in [6, 6.07) is 17.8. The molecule has 0 saturated heterocycles. The number of hydrogen-bond donors (Lipinski definition) is 1. The Bertz CT molecular complexity index is 1350. The first-order valence-corrected chi connectivity index (χ1v) is 17.6. The number of benzene rings is 2. The number of allylic oxidation sites excluding steroid dienone is 8. The Morgan fingerprint density at radius 1 is 0.909 bits per heavy atom. The second kappa shape index (κ2) is 16.1. The highest BCUT2D eigenvalue weighted by Crippen LogP contribution is 2.48. The summed E-state index contributed by atoms with van der Waals surface area (Å²) in [7, 11) is 0. The molecule has 3 heteroatoms. The van der Waals surface area contributed by atoms with Crippen molar-refractivity contribution in [3.63, 3.8) is 0 Å². The lowest BCUT2D eigenvalue weighted by molar-refractivity contribution is -0.573. The first-order chi connectivity index (χ1) is 20.9. The van der Waals surface area contributed by atoms with Crippen LogP contribution in [0.15, 0.2) is 94.7 Å². The fraction of sp³-hybridized carbons (Fsp3) is 0.512. The van der Waals surface area contributed by atoms with Gasteiger partial charge in [-0.1, -0.05) is 135 Å². The van der Waals surface area contributed by atoms with E-state index >= 15 is 0 Å². The Hall–Kier alpha value is -2.55. The molecule has 2 nitrogen and oxygen atoms in total. The van der Waals surface area contributed by atoms with Gasteiger partial charge in [0.05, 0.1) is 6.54 Å². The predicted octanol–water partition coefficient (Wildman–Crippen LogP) is 11.1. The Labute approximate surface area is 275 Å². The minimum absolute atomic E-state index is 0.0315. The molecule has 0 bridgehead atoms. The highest BCUT2D eigenvalue weighted by atomic mass is 35.5. The van der Waals surface area contributed by atoms with Crippen molar-refractivity contribution in [2.45, 2.75) is 112 Å². The first kappa shape index (κ1) is 35.9. The van der Waals surface area contributed by atoms with Crippen LogP contribution in [0.25, 0.3) is 0 Å². The average molecular weight is 616 g/mol. The summed E-state index contributed by atoms with van der Waals surface area (Å²) in [6.07, 6.45) is 14.7. The summed E-state index contributed by atoms with van der Waals surface area (Å²) < 4.78 is 0. The largest absolute Gasteiger partial charge is 0.344 e. The number of rotatable bonds is 12. The van der Waals surface area contributed by atoms with E-state index in [0.717, 1.165) is 43.3 Å². The van der Waals surface area contributed by atoms with Crippen molar-refractivity contribution in [3.05, 3.63) is 106 Å². The molecule has 0 atom stereocenters. The molecule has 0 fully saturated rings. The van der Waals surface area contributed by atoms with Gasteiger partial charge in [-0.05, 0) is 84.3 Å². The molecule has 2 N–H and O–H groups in total. The van der Waals surface area contributed by atoms with Crippen LogP contribution in [0.4, 0.5) is 11.4 Å². The second-order valence-corrected chi connectivity index (χ2v) is 14.7. The Morgan fingerprint density at radius 2 is 1.57 bits per heavy atom. The zero-order valence-electron chi connectivity index (χ0n) is 29.4. The summed E-state index contributed by atoms with van der Waals surface area (Å²) in [5.74, 6) is 1.40. The van der Waals surface area contributed by atoms with Crippen molar-refractivity contribution in [1.82, 2.24) is 0 Å². The second-order valence-electron chi connectivity index (χ2n) is 14.3. The highest BCUT2D eigenvalue weighted by Gasteiger charge is 2.39. The number of nitrogens with zero attached hydrogens (tertiary/aromatic N) is 1. The van der Waals surface area contributed by atoms with Gasteiger partial charge in [-0.25, -0.2) is 0 Å². The Morgan fingerprint density at radius 3 is 2.27 bits per heavy atom. The third-order valence-electron chi connectivity index (χ3n) is 9.14. The van der Waals surface area contributed by atoms with Crippen LogP contribution in [0.5, 0.6) is 0 Å². The SMILES string of the molecule is CC.CC(C)CC[NH2+]c1ccccc1C(C)(C)C/C=C/C1=C(Cl)C(=C/C=C2/N(CCC(C)C)c3ccccc3C2(C)C)/CC1. The number of quaternary nitrogens is 1. The van der Waals surface area contributed by atoms with Crippen molar-refractivity contribution < 1.29 is 5.32 Å². The molecule has 1 aliphatic carbocycles. The van der Waals surface area contributed by atoms with E-state index in [2.05, 4.69) is 138 Å². The highest BCUT2D eigenvalue weighted by molar-refractivity contribution is 6.33. The number of para-hydroxylation sites is 2. The van der Waals surface area contributed by atoms with E-state index in [1.54, 1.807) is 0 Å². The number of hydrogen-bond acceptors (Lipinski definition) is 1. The molecule has 0 amide bonds. The van der Waals surface area contributed by atoms with E-state index in [1.807, 2.05) is 13.8 Å². The fourth-order valence-corrected chi connectivity index (χ4v) is 6.74. The lowest BCUT2D eigenvalue weighted by Crippen LogP contribution is -2.78. The quantitative estimate of drug-likeness (QED) is 0.235. The van der Waals surface area contributed by atoms with Gasteiger partial charge in [0.2, 0.25) is 0 Å². The maximum Gasteiger partial charge on any atom is 0.133 e. The lowest BCUT2D eigenvalue weighted by atomic mass is 9.80. The van der Waals surface area contributed by atoms with Gasteiger partial charge in [0.1, 0.15) is 5.69 Å².